The van der Waals surface area contributed by atoms with E-state index >= 15 is 0 Å². The van der Waals surface area contributed by atoms with Crippen LogP contribution in [0.25, 0.3) is 11.5 Å². The summed E-state index contributed by atoms with van der Waals surface area (Å²) in [6, 6.07) is 7.77. The molecule has 0 bridgehead atoms. The molecule has 3 rings (SSSR count). The highest BCUT2D eigenvalue weighted by Crippen LogP contribution is 2.28. The zero-order valence-corrected chi connectivity index (χ0v) is 16.9. The maximum absolute atomic E-state index is 12.7. The van der Waals surface area contributed by atoms with E-state index in [-0.39, 0.29) is 41.0 Å². The van der Waals surface area contributed by atoms with Crippen LogP contribution in [0.3, 0.4) is 0 Å². The zero-order valence-electron chi connectivity index (χ0n) is 16.9. The molecule has 2 aromatic rings. The number of carbonyl (C=O) groups excluding carboxylic acids is 2. The van der Waals surface area contributed by atoms with Crippen molar-refractivity contribution in [2.24, 2.45) is 4.99 Å². The SMILES string of the molecule is CCN(CC)c1ccc(-c2nc3c(o2)C(=O)C(=NCCN(C)C)CC3=O)cc1. The van der Waals surface area contributed by atoms with Crippen molar-refractivity contribution in [1.29, 1.82) is 0 Å². The van der Waals surface area contributed by atoms with E-state index in [2.05, 4.69) is 28.7 Å². The van der Waals surface area contributed by atoms with E-state index in [0.717, 1.165) is 24.3 Å². The van der Waals surface area contributed by atoms with Crippen LogP contribution in [0.1, 0.15) is 41.3 Å². The van der Waals surface area contributed by atoms with Gasteiger partial charge in [0, 0.05) is 30.9 Å². The fourth-order valence-corrected chi connectivity index (χ4v) is 3.15. The Labute approximate surface area is 165 Å². The number of carbonyl (C=O) groups is 2. The number of Topliss-reactive ketones (excluding diaryl/α,β-unsaturated/α-hetero) is 2. The number of aliphatic imine (C=N–C) groups is 1. The van der Waals surface area contributed by atoms with Gasteiger partial charge in [-0.2, -0.15) is 0 Å². The number of benzene rings is 1. The molecule has 7 nitrogen and oxygen atoms in total. The van der Waals surface area contributed by atoms with Gasteiger partial charge in [0.1, 0.15) is 0 Å². The summed E-state index contributed by atoms with van der Waals surface area (Å²) in [6.45, 7) is 7.22. The summed E-state index contributed by atoms with van der Waals surface area (Å²) < 4.78 is 5.70. The molecule has 0 radical (unpaired) electrons. The quantitative estimate of drug-likeness (QED) is 0.733. The molecule has 1 aromatic heterocycles. The second-order valence-electron chi connectivity index (χ2n) is 6.98. The first-order chi connectivity index (χ1) is 13.4. The molecule has 0 atom stereocenters. The van der Waals surface area contributed by atoms with Crippen molar-refractivity contribution in [1.82, 2.24) is 9.88 Å². The van der Waals surface area contributed by atoms with Crippen molar-refractivity contribution in [2.75, 3.05) is 45.2 Å². The molecule has 7 heteroatoms. The number of hydrogen-bond donors (Lipinski definition) is 0. The van der Waals surface area contributed by atoms with Gasteiger partial charge in [0.15, 0.2) is 11.5 Å². The summed E-state index contributed by atoms with van der Waals surface area (Å²) in [6.07, 6.45) is -0.0217. The fraction of sp³-hybridized carbons (Fsp3) is 0.429. The third kappa shape index (κ3) is 4.04. The average molecular weight is 382 g/mol. The molecule has 0 fully saturated rings. The highest BCUT2D eigenvalue weighted by Gasteiger charge is 2.35. The smallest absolute Gasteiger partial charge is 0.244 e. The summed E-state index contributed by atoms with van der Waals surface area (Å²) in [4.78, 5) is 37.9. The molecule has 0 unspecified atom stereocenters. The number of aromatic nitrogens is 1. The van der Waals surface area contributed by atoms with Gasteiger partial charge in [-0.1, -0.05) is 0 Å². The highest BCUT2D eigenvalue weighted by molar-refractivity contribution is 6.51. The molecule has 0 amide bonds. The van der Waals surface area contributed by atoms with E-state index < -0.39 is 0 Å². The van der Waals surface area contributed by atoms with Crippen LogP contribution in [0.2, 0.25) is 0 Å². The molecular formula is C21H26N4O3. The Hall–Kier alpha value is -2.80. The van der Waals surface area contributed by atoms with E-state index in [4.69, 9.17) is 4.42 Å². The van der Waals surface area contributed by atoms with Crippen LogP contribution in [0, 0.1) is 0 Å². The summed E-state index contributed by atoms with van der Waals surface area (Å²) in [5.41, 5.74) is 2.20. The van der Waals surface area contributed by atoms with Gasteiger partial charge < -0.3 is 14.2 Å². The molecule has 1 aromatic carbocycles. The standard InChI is InChI=1S/C21H26N4O3/c1-5-25(6-2)15-9-7-14(8-10-15)21-23-18-17(26)13-16(19(27)20(18)28-21)22-11-12-24(3)4/h7-10H,5-6,11-13H2,1-4H3. The van der Waals surface area contributed by atoms with E-state index in [1.807, 2.05) is 43.3 Å². The second kappa shape index (κ2) is 8.48. The van der Waals surface area contributed by atoms with Gasteiger partial charge in [0.2, 0.25) is 17.4 Å². The minimum atomic E-state index is -0.341. The van der Waals surface area contributed by atoms with Gasteiger partial charge in [-0.25, -0.2) is 4.98 Å². The summed E-state index contributed by atoms with van der Waals surface area (Å²) in [5.74, 6) is -0.283. The molecule has 0 saturated heterocycles. The number of rotatable bonds is 7. The molecule has 0 saturated carbocycles. The number of fused-ring (bicyclic) bond motifs is 1. The van der Waals surface area contributed by atoms with Crippen molar-refractivity contribution >= 4 is 23.0 Å². The van der Waals surface area contributed by atoms with E-state index in [9.17, 15) is 9.59 Å². The monoisotopic (exact) mass is 382 g/mol. The number of anilines is 1. The normalized spacial score (nSPS) is 15.4. The zero-order chi connectivity index (χ0) is 20.3. The molecule has 0 N–H and O–H groups in total. The summed E-state index contributed by atoms with van der Waals surface area (Å²) in [5, 5.41) is 0. The molecule has 1 aliphatic rings. The number of ketones is 2. The van der Waals surface area contributed by atoms with Gasteiger partial charge in [-0.3, -0.25) is 14.6 Å². The minimum Gasteiger partial charge on any atom is -0.432 e. The molecule has 1 heterocycles. The maximum Gasteiger partial charge on any atom is 0.244 e. The van der Waals surface area contributed by atoms with Crippen LogP contribution >= 0.6 is 0 Å². The molecule has 0 spiro atoms. The first kappa shape index (κ1) is 19.9. The van der Waals surface area contributed by atoms with Crippen molar-refractivity contribution < 1.29 is 14.0 Å². The maximum atomic E-state index is 12.7. The first-order valence-electron chi connectivity index (χ1n) is 9.56. The first-order valence-corrected chi connectivity index (χ1v) is 9.56. The minimum absolute atomic E-state index is 0.00247. The molecular weight excluding hydrogens is 356 g/mol. The van der Waals surface area contributed by atoms with Crippen LogP contribution in [0.5, 0.6) is 0 Å². The van der Waals surface area contributed by atoms with Gasteiger partial charge in [-0.05, 0) is 52.2 Å². The number of hydrogen-bond acceptors (Lipinski definition) is 7. The van der Waals surface area contributed by atoms with Crippen LogP contribution in [-0.4, -0.2) is 67.4 Å². The lowest BCUT2D eigenvalue weighted by molar-refractivity contribution is 0.0949. The van der Waals surface area contributed by atoms with Crippen molar-refractivity contribution in [3.63, 3.8) is 0 Å². The predicted octanol–water partition coefficient (Wildman–Crippen LogP) is 2.96. The summed E-state index contributed by atoms with van der Waals surface area (Å²) >= 11 is 0. The largest absolute Gasteiger partial charge is 0.432 e. The Morgan fingerprint density at radius 3 is 2.39 bits per heavy atom. The topological polar surface area (TPSA) is 79.0 Å². The molecule has 148 valence electrons. The van der Waals surface area contributed by atoms with E-state index in [1.165, 1.54) is 0 Å². The van der Waals surface area contributed by atoms with Crippen LogP contribution in [0.4, 0.5) is 5.69 Å². The molecule has 0 aliphatic heterocycles. The molecule has 28 heavy (non-hydrogen) atoms. The lowest BCUT2D eigenvalue weighted by Crippen LogP contribution is -2.27. The number of nitrogens with zero attached hydrogens (tertiary/aromatic N) is 4. The Bertz CT molecular complexity index is 893. The second-order valence-corrected chi connectivity index (χ2v) is 6.98. The van der Waals surface area contributed by atoms with Crippen molar-refractivity contribution in [2.45, 2.75) is 20.3 Å². The van der Waals surface area contributed by atoms with Crippen LogP contribution in [-0.2, 0) is 0 Å². The van der Waals surface area contributed by atoms with Gasteiger partial charge >= 0.3 is 0 Å². The average Bonchev–Trinajstić information content (AvgIpc) is 3.13. The number of likely N-dealkylation sites (N-methyl/N-ethyl adjacent to an activating group) is 1. The Morgan fingerprint density at radius 2 is 1.79 bits per heavy atom. The van der Waals surface area contributed by atoms with Crippen LogP contribution in [0.15, 0.2) is 33.7 Å². The highest BCUT2D eigenvalue weighted by atomic mass is 16.4. The fourth-order valence-electron chi connectivity index (χ4n) is 3.15. The van der Waals surface area contributed by atoms with Crippen molar-refractivity contribution in [3.8, 4) is 11.5 Å². The van der Waals surface area contributed by atoms with Gasteiger partial charge in [0.25, 0.3) is 0 Å². The van der Waals surface area contributed by atoms with Crippen molar-refractivity contribution in [3.05, 3.63) is 35.7 Å². The lowest BCUT2D eigenvalue weighted by atomic mass is 9.97. The number of oxazole rings is 1. The molecule has 1 aliphatic carbocycles. The Morgan fingerprint density at radius 1 is 1.11 bits per heavy atom. The lowest BCUT2D eigenvalue weighted by Gasteiger charge is -2.20. The third-order valence-corrected chi connectivity index (χ3v) is 4.78. The Balaban J connectivity index is 1.86. The Kier molecular flexibility index (Phi) is 6.04. The van der Waals surface area contributed by atoms with Gasteiger partial charge in [-0.15, -0.1) is 0 Å². The van der Waals surface area contributed by atoms with E-state index in [1.54, 1.807) is 0 Å². The predicted molar refractivity (Wildman–Crippen MR) is 110 cm³/mol. The van der Waals surface area contributed by atoms with Crippen LogP contribution < -0.4 is 4.90 Å². The third-order valence-electron chi connectivity index (χ3n) is 4.78. The van der Waals surface area contributed by atoms with Gasteiger partial charge in [0.05, 0.1) is 18.7 Å². The summed E-state index contributed by atoms with van der Waals surface area (Å²) in [7, 11) is 3.86. The van der Waals surface area contributed by atoms with E-state index in [0.29, 0.717) is 13.1 Å².